The minimum atomic E-state index is -4.46. The molecule has 0 spiro atoms. The van der Waals surface area contributed by atoms with E-state index in [1.54, 1.807) is 0 Å². The summed E-state index contributed by atoms with van der Waals surface area (Å²) in [6.45, 7) is 4.65. The Kier molecular flexibility index (Phi) is 11.6. The van der Waals surface area contributed by atoms with Gasteiger partial charge in [0.05, 0.1) is 25.4 Å². The molecule has 30 heavy (non-hydrogen) atoms. The van der Waals surface area contributed by atoms with Crippen LogP contribution < -0.4 is 10.6 Å². The van der Waals surface area contributed by atoms with E-state index in [1.165, 1.54) is 0 Å². The number of nitrogens with zero attached hydrogens (tertiary/aromatic N) is 2. The number of nitrogens with one attached hydrogen (secondary N) is 2. The molecule has 0 bridgehead atoms. The van der Waals surface area contributed by atoms with E-state index in [1.807, 2.05) is 44.2 Å². The average molecular weight is 558 g/mol. The van der Waals surface area contributed by atoms with Crippen LogP contribution in [-0.4, -0.2) is 41.9 Å². The van der Waals surface area contributed by atoms with Crippen molar-refractivity contribution in [3.05, 3.63) is 52.0 Å². The first-order chi connectivity index (χ1) is 13.8. The molecule has 0 fully saturated rings. The molecule has 0 aliphatic carbocycles. The molecule has 6 nitrogen and oxygen atoms in total. The summed E-state index contributed by atoms with van der Waals surface area (Å²) < 4.78 is 43.5. The molecule has 1 aromatic heterocycles. The van der Waals surface area contributed by atoms with Crippen molar-refractivity contribution in [2.45, 2.75) is 38.8 Å². The first-order valence-electron chi connectivity index (χ1n) is 9.18. The van der Waals surface area contributed by atoms with Gasteiger partial charge in [0.1, 0.15) is 5.01 Å². The van der Waals surface area contributed by atoms with Crippen LogP contribution in [0.25, 0.3) is 0 Å². The number of aromatic nitrogens is 1. The lowest BCUT2D eigenvalue weighted by Crippen LogP contribution is -2.42. The molecule has 1 aromatic carbocycles. The van der Waals surface area contributed by atoms with Crippen LogP contribution in [0.3, 0.4) is 0 Å². The summed E-state index contributed by atoms with van der Waals surface area (Å²) in [7, 11) is 0. The molecule has 0 amide bonds. The van der Waals surface area contributed by atoms with Crippen LogP contribution in [0.4, 0.5) is 13.2 Å². The zero-order valence-electron chi connectivity index (χ0n) is 16.6. The topological polar surface area (TPSA) is 78.8 Å². The van der Waals surface area contributed by atoms with Gasteiger partial charge < -0.3 is 20.5 Å². The Hall–Kier alpha value is -1.44. The third-order valence-corrected chi connectivity index (χ3v) is 4.71. The smallest absolute Gasteiger partial charge is 0.389 e. The second-order valence-corrected chi connectivity index (χ2v) is 7.18. The Bertz CT molecular complexity index is 775. The van der Waals surface area contributed by atoms with E-state index >= 15 is 0 Å². The summed E-state index contributed by atoms with van der Waals surface area (Å²) in [6.07, 6.45) is -5.38. The summed E-state index contributed by atoms with van der Waals surface area (Å²) in [5, 5.41) is 17.3. The van der Waals surface area contributed by atoms with Crippen LogP contribution in [-0.2, 0) is 17.5 Å². The lowest BCUT2D eigenvalue weighted by Gasteiger charge is -2.18. The van der Waals surface area contributed by atoms with Crippen molar-refractivity contribution in [1.29, 1.82) is 0 Å². The number of hydrogen-bond donors (Lipinski definition) is 3. The first-order valence-corrected chi connectivity index (χ1v) is 10.1. The average Bonchev–Trinajstić information content (AvgIpc) is 3.18. The Labute approximate surface area is 195 Å². The molecule has 168 valence electrons. The van der Waals surface area contributed by atoms with Crippen LogP contribution in [0.15, 0.2) is 40.7 Å². The maximum atomic E-state index is 12.6. The summed E-state index contributed by atoms with van der Waals surface area (Å²) in [5.41, 5.74) is 0.106. The number of aliphatic imine (C=N–C) groups is 1. The lowest BCUT2D eigenvalue weighted by atomic mass is 10.1. The van der Waals surface area contributed by atoms with Crippen molar-refractivity contribution in [2.24, 2.45) is 4.99 Å². The normalized spacial score (nSPS) is 14.0. The predicted octanol–water partition coefficient (Wildman–Crippen LogP) is 3.97. The van der Waals surface area contributed by atoms with Crippen LogP contribution in [0.5, 0.6) is 0 Å². The van der Waals surface area contributed by atoms with Gasteiger partial charge >= 0.3 is 6.18 Å². The monoisotopic (exact) mass is 558 g/mol. The van der Waals surface area contributed by atoms with Crippen LogP contribution >= 0.6 is 35.3 Å². The van der Waals surface area contributed by atoms with E-state index in [2.05, 4.69) is 20.6 Å². The molecule has 0 saturated carbocycles. The molecule has 0 aliphatic rings. The molecule has 2 rings (SSSR count). The fraction of sp³-hybridized carbons (Fsp3) is 0.474. The van der Waals surface area contributed by atoms with Crippen LogP contribution in [0.1, 0.15) is 36.2 Å². The number of alkyl halides is 3. The molecule has 2 unspecified atom stereocenters. The van der Waals surface area contributed by atoms with Gasteiger partial charge in [-0.3, -0.25) is 0 Å². The van der Waals surface area contributed by atoms with E-state index in [0.717, 1.165) is 22.3 Å². The Balaban J connectivity index is 0.00000450. The molecule has 0 radical (unpaired) electrons. The Morgan fingerprint density at radius 2 is 1.97 bits per heavy atom. The molecule has 0 saturated heterocycles. The van der Waals surface area contributed by atoms with Crippen molar-refractivity contribution in [3.8, 4) is 0 Å². The molecule has 0 aliphatic heterocycles. The second kappa shape index (κ2) is 13.1. The Morgan fingerprint density at radius 1 is 1.27 bits per heavy atom. The summed E-state index contributed by atoms with van der Waals surface area (Å²) in [4.78, 5) is 7.76. The van der Waals surface area contributed by atoms with E-state index in [4.69, 9.17) is 4.74 Å². The largest absolute Gasteiger partial charge is 0.434 e. The van der Waals surface area contributed by atoms with Crippen molar-refractivity contribution in [3.63, 3.8) is 0 Å². The zero-order valence-corrected chi connectivity index (χ0v) is 19.8. The number of guanidine groups is 1. The fourth-order valence-electron chi connectivity index (χ4n) is 2.35. The highest BCUT2D eigenvalue weighted by atomic mass is 127. The quantitative estimate of drug-likeness (QED) is 0.247. The number of aliphatic hydroxyl groups excluding tert-OH is 1. The fourth-order valence-corrected chi connectivity index (χ4v) is 3.08. The molecule has 11 heteroatoms. The highest BCUT2D eigenvalue weighted by molar-refractivity contribution is 14.0. The number of aliphatic hydroxyl groups is 1. The number of rotatable bonds is 9. The maximum Gasteiger partial charge on any atom is 0.434 e. The van der Waals surface area contributed by atoms with Gasteiger partial charge in [0.25, 0.3) is 0 Å². The lowest BCUT2D eigenvalue weighted by molar-refractivity contribution is -0.140. The maximum absolute atomic E-state index is 12.6. The molecular formula is C19H26F3IN4O2S. The van der Waals surface area contributed by atoms with Gasteiger partial charge in [-0.15, -0.1) is 35.3 Å². The van der Waals surface area contributed by atoms with E-state index in [9.17, 15) is 18.3 Å². The van der Waals surface area contributed by atoms with E-state index in [-0.39, 0.29) is 54.8 Å². The van der Waals surface area contributed by atoms with Crippen molar-refractivity contribution in [1.82, 2.24) is 15.6 Å². The third kappa shape index (κ3) is 9.14. The minimum Gasteiger partial charge on any atom is -0.389 e. The summed E-state index contributed by atoms with van der Waals surface area (Å²) >= 11 is 0.907. The summed E-state index contributed by atoms with van der Waals surface area (Å²) in [5.74, 6) is 0.381. The number of hydrogen-bond acceptors (Lipinski definition) is 5. The van der Waals surface area contributed by atoms with Gasteiger partial charge in [-0.25, -0.2) is 9.98 Å². The Morgan fingerprint density at radius 3 is 2.57 bits per heavy atom. The van der Waals surface area contributed by atoms with Crippen molar-refractivity contribution < 1.29 is 23.0 Å². The van der Waals surface area contributed by atoms with Gasteiger partial charge in [-0.2, -0.15) is 13.2 Å². The van der Waals surface area contributed by atoms with Gasteiger partial charge in [0.15, 0.2) is 11.7 Å². The van der Waals surface area contributed by atoms with Crippen LogP contribution in [0, 0.1) is 0 Å². The highest BCUT2D eigenvalue weighted by Crippen LogP contribution is 2.30. The standard InChI is InChI=1S/C19H25F3N4O2S.HI/c1-3-23-18(25-10-17-26-16(12-29-17)19(20,21)22)24-9-15(27)11-28-13(2)14-7-5-4-6-8-14;/h4-8,12-13,15,27H,3,9-11H2,1-2H3,(H2,23,24,25);1H. The highest BCUT2D eigenvalue weighted by Gasteiger charge is 2.33. The van der Waals surface area contributed by atoms with Crippen molar-refractivity contribution >= 4 is 41.3 Å². The number of benzene rings is 1. The number of ether oxygens (including phenoxy) is 1. The van der Waals surface area contributed by atoms with E-state index < -0.39 is 18.0 Å². The van der Waals surface area contributed by atoms with Gasteiger partial charge in [0.2, 0.25) is 0 Å². The van der Waals surface area contributed by atoms with Gasteiger partial charge in [-0.1, -0.05) is 30.3 Å². The third-order valence-electron chi connectivity index (χ3n) is 3.87. The summed E-state index contributed by atoms with van der Waals surface area (Å²) in [6, 6.07) is 9.67. The molecule has 2 aromatic rings. The molecular weight excluding hydrogens is 532 g/mol. The minimum absolute atomic E-state index is 0. The zero-order chi connectivity index (χ0) is 21.3. The predicted molar refractivity (Wildman–Crippen MR) is 122 cm³/mol. The molecule has 1 heterocycles. The SMILES string of the molecule is CCNC(=NCc1nc(C(F)(F)F)cs1)NCC(O)COC(C)c1ccccc1.I. The second-order valence-electron chi connectivity index (χ2n) is 6.24. The van der Waals surface area contributed by atoms with Crippen molar-refractivity contribution in [2.75, 3.05) is 19.7 Å². The van der Waals surface area contributed by atoms with E-state index in [0.29, 0.717) is 12.5 Å². The number of thiazole rings is 1. The molecule has 2 atom stereocenters. The molecule has 3 N–H and O–H groups in total. The first kappa shape index (κ1) is 26.6. The number of halogens is 4. The van der Waals surface area contributed by atoms with Crippen LogP contribution in [0.2, 0.25) is 0 Å². The van der Waals surface area contributed by atoms with Gasteiger partial charge in [-0.05, 0) is 19.4 Å². The van der Waals surface area contributed by atoms with Gasteiger partial charge in [0, 0.05) is 18.5 Å².